The molecule has 18 heavy (non-hydrogen) atoms. The van der Waals surface area contributed by atoms with E-state index in [1.54, 1.807) is 0 Å². The van der Waals surface area contributed by atoms with Crippen LogP contribution in [0.3, 0.4) is 0 Å². The summed E-state index contributed by atoms with van der Waals surface area (Å²) in [4.78, 5) is 7.14. The maximum atomic E-state index is 4.66. The number of hydrogen-bond acceptors (Lipinski definition) is 3. The Morgan fingerprint density at radius 2 is 2.33 bits per heavy atom. The topological polar surface area (TPSA) is 33.4 Å². The van der Waals surface area contributed by atoms with Crippen LogP contribution < -0.4 is 0 Å². The molecule has 1 saturated heterocycles. The highest BCUT2D eigenvalue weighted by atomic mass is 79.9. The summed E-state index contributed by atoms with van der Waals surface area (Å²) in [6.07, 6.45) is 2.44. The van der Waals surface area contributed by atoms with Crippen LogP contribution >= 0.6 is 15.9 Å². The second kappa shape index (κ2) is 4.97. The highest BCUT2D eigenvalue weighted by Gasteiger charge is 2.23. The van der Waals surface area contributed by atoms with Crippen molar-refractivity contribution in [1.82, 2.24) is 19.5 Å². The van der Waals surface area contributed by atoms with Gasteiger partial charge in [-0.1, -0.05) is 13.0 Å². The molecule has 0 saturated carbocycles. The molecule has 0 amide bonds. The van der Waals surface area contributed by atoms with Gasteiger partial charge in [0.1, 0.15) is 4.60 Å². The van der Waals surface area contributed by atoms with Crippen LogP contribution in [0.4, 0.5) is 0 Å². The summed E-state index contributed by atoms with van der Waals surface area (Å²) < 4.78 is 2.84. The summed E-state index contributed by atoms with van der Waals surface area (Å²) >= 11 is 3.51. The van der Waals surface area contributed by atoms with Crippen LogP contribution in [0.1, 0.15) is 31.5 Å². The van der Waals surface area contributed by atoms with Gasteiger partial charge in [-0.15, -0.1) is 5.10 Å². The van der Waals surface area contributed by atoms with E-state index in [1.807, 2.05) is 22.7 Å². The van der Waals surface area contributed by atoms with Crippen LogP contribution in [0.25, 0.3) is 5.65 Å². The molecule has 0 radical (unpaired) electrons. The Balaban J connectivity index is 1.92. The first-order valence-corrected chi connectivity index (χ1v) is 7.30. The minimum atomic E-state index is 0.477. The summed E-state index contributed by atoms with van der Waals surface area (Å²) in [5, 5.41) is 4.64. The molecule has 1 fully saturated rings. The molecule has 96 valence electrons. The number of halogens is 1. The number of piperidine rings is 1. The first-order valence-electron chi connectivity index (χ1n) is 6.51. The number of aromatic nitrogens is 3. The summed E-state index contributed by atoms with van der Waals surface area (Å²) in [6, 6.07) is 5.99. The minimum absolute atomic E-state index is 0.477. The lowest BCUT2D eigenvalue weighted by atomic mass is 9.97. The molecule has 3 heterocycles. The molecule has 1 atom stereocenters. The molecule has 4 nitrogen and oxygen atoms in total. The van der Waals surface area contributed by atoms with Gasteiger partial charge >= 0.3 is 0 Å². The van der Waals surface area contributed by atoms with Crippen molar-refractivity contribution in [2.45, 2.75) is 25.7 Å². The third-order valence-electron chi connectivity index (χ3n) is 3.65. The van der Waals surface area contributed by atoms with Gasteiger partial charge in [-0.3, -0.25) is 0 Å². The quantitative estimate of drug-likeness (QED) is 0.800. The lowest BCUT2D eigenvalue weighted by molar-refractivity contribution is 0.214. The van der Waals surface area contributed by atoms with Gasteiger partial charge < -0.3 is 4.90 Å². The Bertz CT molecular complexity index is 551. The fourth-order valence-corrected chi connectivity index (χ4v) is 3.03. The number of likely N-dealkylation sites (N-methyl/N-ethyl adjacent to an activating group) is 1. The third-order valence-corrected chi connectivity index (χ3v) is 4.25. The molecular formula is C13H17BrN4. The van der Waals surface area contributed by atoms with Gasteiger partial charge in [0.2, 0.25) is 0 Å². The number of hydrogen-bond donors (Lipinski definition) is 0. The molecule has 0 aliphatic carbocycles. The minimum Gasteiger partial charge on any atom is -0.303 e. The lowest BCUT2D eigenvalue weighted by Gasteiger charge is -2.30. The molecule has 2 aromatic heterocycles. The number of pyridine rings is 1. The van der Waals surface area contributed by atoms with Gasteiger partial charge in [-0.2, -0.15) is 0 Å². The summed E-state index contributed by atoms with van der Waals surface area (Å²) in [6.45, 7) is 5.64. The van der Waals surface area contributed by atoms with E-state index in [0.29, 0.717) is 5.92 Å². The Labute approximate surface area is 115 Å². The number of rotatable bonds is 2. The van der Waals surface area contributed by atoms with E-state index in [9.17, 15) is 0 Å². The SMILES string of the molecule is CCN1CCCC(c2nc3cccc(Br)n3n2)C1. The molecule has 0 bridgehead atoms. The Hall–Kier alpha value is -0.940. The average Bonchev–Trinajstić information content (AvgIpc) is 2.84. The molecule has 1 aliphatic heterocycles. The Morgan fingerprint density at radius 3 is 3.11 bits per heavy atom. The van der Waals surface area contributed by atoms with Crippen LogP contribution in [-0.4, -0.2) is 39.1 Å². The van der Waals surface area contributed by atoms with Crippen LogP contribution in [0.5, 0.6) is 0 Å². The first-order chi connectivity index (χ1) is 8.78. The summed E-state index contributed by atoms with van der Waals surface area (Å²) in [5.41, 5.74) is 0.924. The van der Waals surface area contributed by atoms with E-state index in [4.69, 9.17) is 0 Å². The predicted octanol–water partition coefficient (Wildman–Crippen LogP) is 2.69. The van der Waals surface area contributed by atoms with E-state index in [2.05, 4.69) is 37.8 Å². The van der Waals surface area contributed by atoms with Crippen molar-refractivity contribution in [2.24, 2.45) is 0 Å². The van der Waals surface area contributed by atoms with Gasteiger partial charge in [0.25, 0.3) is 0 Å². The van der Waals surface area contributed by atoms with Crippen molar-refractivity contribution in [3.05, 3.63) is 28.6 Å². The molecule has 1 unspecified atom stereocenters. The monoisotopic (exact) mass is 308 g/mol. The molecule has 2 aromatic rings. The Kier molecular flexibility index (Phi) is 3.35. The zero-order valence-corrected chi connectivity index (χ0v) is 12.1. The molecular weight excluding hydrogens is 292 g/mol. The van der Waals surface area contributed by atoms with E-state index in [0.717, 1.165) is 29.2 Å². The van der Waals surface area contributed by atoms with E-state index in [1.165, 1.54) is 19.4 Å². The molecule has 0 spiro atoms. The van der Waals surface area contributed by atoms with E-state index >= 15 is 0 Å². The smallest absolute Gasteiger partial charge is 0.156 e. The van der Waals surface area contributed by atoms with Crippen molar-refractivity contribution in [2.75, 3.05) is 19.6 Å². The first kappa shape index (κ1) is 12.1. The maximum absolute atomic E-state index is 4.66. The van der Waals surface area contributed by atoms with Gasteiger partial charge in [0.15, 0.2) is 11.5 Å². The summed E-state index contributed by atoms with van der Waals surface area (Å²) in [7, 11) is 0. The van der Waals surface area contributed by atoms with Crippen molar-refractivity contribution in [3.63, 3.8) is 0 Å². The van der Waals surface area contributed by atoms with Crippen LogP contribution in [0.15, 0.2) is 22.8 Å². The van der Waals surface area contributed by atoms with Crippen molar-refractivity contribution < 1.29 is 0 Å². The van der Waals surface area contributed by atoms with Crippen LogP contribution in [0.2, 0.25) is 0 Å². The Morgan fingerprint density at radius 1 is 1.44 bits per heavy atom. The van der Waals surface area contributed by atoms with Crippen molar-refractivity contribution in [1.29, 1.82) is 0 Å². The van der Waals surface area contributed by atoms with E-state index < -0.39 is 0 Å². The maximum Gasteiger partial charge on any atom is 0.156 e. The van der Waals surface area contributed by atoms with Gasteiger partial charge in [-0.25, -0.2) is 9.50 Å². The number of nitrogens with zero attached hydrogens (tertiary/aromatic N) is 4. The summed E-state index contributed by atoms with van der Waals surface area (Å²) in [5.74, 6) is 1.46. The molecule has 0 N–H and O–H groups in total. The van der Waals surface area contributed by atoms with E-state index in [-0.39, 0.29) is 0 Å². The second-order valence-corrected chi connectivity index (χ2v) is 5.63. The van der Waals surface area contributed by atoms with Gasteiger partial charge in [0.05, 0.1) is 0 Å². The lowest BCUT2D eigenvalue weighted by Crippen LogP contribution is -2.34. The fourth-order valence-electron chi connectivity index (χ4n) is 2.62. The second-order valence-electron chi connectivity index (χ2n) is 4.82. The van der Waals surface area contributed by atoms with Crippen LogP contribution in [-0.2, 0) is 0 Å². The molecule has 1 aliphatic rings. The fraction of sp³-hybridized carbons (Fsp3) is 0.538. The largest absolute Gasteiger partial charge is 0.303 e. The van der Waals surface area contributed by atoms with Gasteiger partial charge in [0, 0.05) is 12.5 Å². The average molecular weight is 309 g/mol. The zero-order chi connectivity index (χ0) is 12.5. The van der Waals surface area contributed by atoms with Gasteiger partial charge in [-0.05, 0) is 54.0 Å². The standard InChI is InChI=1S/C13H17BrN4/c1-2-17-8-4-5-10(9-17)13-15-12-7-3-6-11(14)18(12)16-13/h3,6-7,10H,2,4-5,8-9H2,1H3. The number of likely N-dealkylation sites (tertiary alicyclic amines) is 1. The molecule has 5 heteroatoms. The number of fused-ring (bicyclic) bond motifs is 1. The predicted molar refractivity (Wildman–Crippen MR) is 74.8 cm³/mol. The molecule has 0 aromatic carbocycles. The third kappa shape index (κ3) is 2.17. The highest BCUT2D eigenvalue weighted by Crippen LogP contribution is 2.25. The normalized spacial score (nSPS) is 21.6. The highest BCUT2D eigenvalue weighted by molar-refractivity contribution is 9.10. The van der Waals surface area contributed by atoms with Crippen LogP contribution in [0, 0.1) is 0 Å². The van der Waals surface area contributed by atoms with Crippen molar-refractivity contribution in [3.8, 4) is 0 Å². The molecule has 3 rings (SSSR count). The van der Waals surface area contributed by atoms with Crippen molar-refractivity contribution >= 4 is 21.6 Å². The zero-order valence-electron chi connectivity index (χ0n) is 10.5.